The van der Waals surface area contributed by atoms with Crippen LogP contribution < -0.4 is 10.6 Å². The van der Waals surface area contributed by atoms with E-state index in [9.17, 15) is 14.9 Å². The number of hydrogen-bond acceptors (Lipinski definition) is 4. The van der Waals surface area contributed by atoms with Crippen molar-refractivity contribution >= 4 is 33.2 Å². The molecule has 2 rings (SSSR count). The molecule has 2 aromatic rings. The van der Waals surface area contributed by atoms with Crippen LogP contribution >= 0.6 is 15.9 Å². The van der Waals surface area contributed by atoms with Crippen LogP contribution in [0.5, 0.6) is 0 Å². The third-order valence-corrected chi connectivity index (χ3v) is 4.15. The molecular formula is C16H16BrN3O3. The summed E-state index contributed by atoms with van der Waals surface area (Å²) in [5.74, 6) is -0.379. The van der Waals surface area contributed by atoms with E-state index in [2.05, 4.69) is 26.6 Å². The molecule has 0 aliphatic heterocycles. The smallest absolute Gasteiger partial charge is 0.270 e. The van der Waals surface area contributed by atoms with Gasteiger partial charge in [-0.1, -0.05) is 34.1 Å². The van der Waals surface area contributed by atoms with E-state index in [1.165, 1.54) is 19.2 Å². The molecule has 6 nitrogen and oxygen atoms in total. The number of carbonyl (C=O) groups excluding carboxylic acids is 1. The number of nitrogens with zero attached hydrogens (tertiary/aromatic N) is 1. The summed E-state index contributed by atoms with van der Waals surface area (Å²) < 4.78 is 0.948. The summed E-state index contributed by atoms with van der Waals surface area (Å²) in [7, 11) is 1.49. The normalized spacial score (nSPS) is 11.6. The highest BCUT2D eigenvalue weighted by atomic mass is 79.9. The largest absolute Gasteiger partial charge is 0.378 e. The number of hydrogen-bond donors (Lipinski definition) is 2. The van der Waals surface area contributed by atoms with E-state index in [4.69, 9.17) is 0 Å². The molecule has 1 amide bonds. The van der Waals surface area contributed by atoms with Crippen molar-refractivity contribution < 1.29 is 9.72 Å². The predicted octanol–water partition coefficient (Wildman–Crippen LogP) is 3.89. The first-order valence-corrected chi connectivity index (χ1v) is 7.74. The topological polar surface area (TPSA) is 84.3 Å². The van der Waals surface area contributed by atoms with Gasteiger partial charge >= 0.3 is 0 Å². The molecule has 0 aliphatic rings. The van der Waals surface area contributed by atoms with Gasteiger partial charge in [0.15, 0.2) is 0 Å². The van der Waals surface area contributed by atoms with Crippen molar-refractivity contribution in [2.45, 2.75) is 13.0 Å². The summed E-state index contributed by atoms with van der Waals surface area (Å²) in [6, 6.07) is 11.9. The quantitative estimate of drug-likeness (QED) is 0.611. The minimum atomic E-state index is -0.520. The first-order chi connectivity index (χ1) is 10.9. The molecule has 0 fully saturated rings. The summed E-state index contributed by atoms with van der Waals surface area (Å²) >= 11 is 3.49. The van der Waals surface area contributed by atoms with Crippen molar-refractivity contribution in [1.29, 1.82) is 0 Å². The first kappa shape index (κ1) is 17.0. The third kappa shape index (κ3) is 3.87. The molecule has 23 heavy (non-hydrogen) atoms. The Balaban J connectivity index is 2.37. The number of amides is 1. The fraction of sp³-hybridized carbons (Fsp3) is 0.188. The van der Waals surface area contributed by atoms with Gasteiger partial charge < -0.3 is 10.6 Å². The van der Waals surface area contributed by atoms with Crippen molar-refractivity contribution in [2.75, 3.05) is 12.4 Å². The molecule has 0 aromatic heterocycles. The number of carbonyl (C=O) groups is 1. The van der Waals surface area contributed by atoms with Gasteiger partial charge in [0.1, 0.15) is 0 Å². The Hall–Kier alpha value is -2.41. The molecule has 0 aliphatic carbocycles. The molecule has 1 unspecified atom stereocenters. The standard InChI is InChI=1S/C16H16BrN3O3/c1-10(12-5-3-4-6-14(12)17)19-15-8-7-11(20(22)23)9-13(15)16(21)18-2/h3-10,19H,1-2H3,(H,18,21). The molecule has 0 saturated carbocycles. The summed E-state index contributed by atoms with van der Waals surface area (Å²) in [6.07, 6.45) is 0. The Morgan fingerprint density at radius 1 is 1.26 bits per heavy atom. The van der Waals surface area contributed by atoms with Gasteiger partial charge in [-0.2, -0.15) is 0 Å². The minimum absolute atomic E-state index is 0.0876. The van der Waals surface area contributed by atoms with Crippen molar-refractivity contribution in [3.63, 3.8) is 0 Å². The lowest BCUT2D eigenvalue weighted by Crippen LogP contribution is -2.20. The van der Waals surface area contributed by atoms with Gasteiger partial charge in [0.25, 0.3) is 11.6 Å². The molecule has 0 radical (unpaired) electrons. The third-order valence-electron chi connectivity index (χ3n) is 3.43. The van der Waals surface area contributed by atoms with Crippen LogP contribution in [0.15, 0.2) is 46.9 Å². The lowest BCUT2D eigenvalue weighted by atomic mass is 10.1. The van der Waals surface area contributed by atoms with E-state index in [0.29, 0.717) is 5.69 Å². The van der Waals surface area contributed by atoms with E-state index < -0.39 is 4.92 Å². The lowest BCUT2D eigenvalue weighted by Gasteiger charge is -2.19. The Bertz CT molecular complexity index is 749. The predicted molar refractivity (Wildman–Crippen MR) is 92.7 cm³/mol. The highest BCUT2D eigenvalue weighted by Gasteiger charge is 2.18. The second-order valence-corrected chi connectivity index (χ2v) is 5.81. The van der Waals surface area contributed by atoms with E-state index in [-0.39, 0.29) is 23.2 Å². The number of non-ortho nitro benzene ring substituents is 1. The molecule has 120 valence electrons. The van der Waals surface area contributed by atoms with Crippen LogP contribution in [-0.2, 0) is 0 Å². The lowest BCUT2D eigenvalue weighted by molar-refractivity contribution is -0.384. The van der Waals surface area contributed by atoms with Crippen LogP contribution in [0.2, 0.25) is 0 Å². The molecule has 0 heterocycles. The Labute approximate surface area is 142 Å². The van der Waals surface area contributed by atoms with Crippen LogP contribution in [-0.4, -0.2) is 17.9 Å². The van der Waals surface area contributed by atoms with E-state index in [0.717, 1.165) is 10.0 Å². The minimum Gasteiger partial charge on any atom is -0.378 e. The molecule has 0 saturated heterocycles. The molecule has 0 spiro atoms. The Morgan fingerprint density at radius 3 is 2.57 bits per heavy atom. The maximum absolute atomic E-state index is 12.0. The zero-order valence-electron chi connectivity index (χ0n) is 12.7. The number of halogens is 1. The van der Waals surface area contributed by atoms with Gasteiger partial charge in [-0.05, 0) is 24.6 Å². The van der Waals surface area contributed by atoms with Crippen molar-refractivity contribution in [1.82, 2.24) is 5.32 Å². The fourth-order valence-electron chi connectivity index (χ4n) is 2.23. The average molecular weight is 378 g/mol. The highest BCUT2D eigenvalue weighted by Crippen LogP contribution is 2.29. The number of rotatable bonds is 5. The SMILES string of the molecule is CNC(=O)c1cc([N+](=O)[O-])ccc1NC(C)c1ccccc1Br. The molecule has 0 bridgehead atoms. The summed E-state index contributed by atoms with van der Waals surface area (Å²) in [6.45, 7) is 1.95. The first-order valence-electron chi connectivity index (χ1n) is 6.95. The molecule has 7 heteroatoms. The number of nitro groups is 1. The molecule has 2 N–H and O–H groups in total. The van der Waals surface area contributed by atoms with Gasteiger partial charge in [0.2, 0.25) is 0 Å². The van der Waals surface area contributed by atoms with Crippen LogP contribution in [0.25, 0.3) is 0 Å². The zero-order chi connectivity index (χ0) is 17.0. The van der Waals surface area contributed by atoms with E-state index in [1.54, 1.807) is 6.07 Å². The van der Waals surface area contributed by atoms with Gasteiger partial charge in [0.05, 0.1) is 10.5 Å². The van der Waals surface area contributed by atoms with Gasteiger partial charge in [-0.3, -0.25) is 14.9 Å². The Morgan fingerprint density at radius 2 is 1.96 bits per heavy atom. The van der Waals surface area contributed by atoms with Crippen LogP contribution in [0, 0.1) is 10.1 Å². The van der Waals surface area contributed by atoms with Gasteiger partial charge in [0, 0.05) is 35.4 Å². The highest BCUT2D eigenvalue weighted by molar-refractivity contribution is 9.10. The number of nitrogens with one attached hydrogen (secondary N) is 2. The van der Waals surface area contributed by atoms with Crippen molar-refractivity contribution in [2.24, 2.45) is 0 Å². The number of nitro benzene ring substituents is 1. The van der Waals surface area contributed by atoms with Crippen molar-refractivity contribution in [3.8, 4) is 0 Å². The van der Waals surface area contributed by atoms with Gasteiger partial charge in [-0.15, -0.1) is 0 Å². The summed E-state index contributed by atoms with van der Waals surface area (Å²) in [4.78, 5) is 22.4. The van der Waals surface area contributed by atoms with Crippen molar-refractivity contribution in [3.05, 3.63) is 68.2 Å². The summed E-state index contributed by atoms with van der Waals surface area (Å²) in [5.41, 5.74) is 1.68. The second kappa shape index (κ2) is 7.23. The van der Waals surface area contributed by atoms with Crippen LogP contribution in [0.1, 0.15) is 28.9 Å². The zero-order valence-corrected chi connectivity index (χ0v) is 14.3. The molecule has 2 aromatic carbocycles. The maximum atomic E-state index is 12.0. The number of benzene rings is 2. The van der Waals surface area contributed by atoms with Crippen LogP contribution in [0.4, 0.5) is 11.4 Å². The molecule has 1 atom stereocenters. The monoisotopic (exact) mass is 377 g/mol. The Kier molecular flexibility index (Phi) is 5.33. The van der Waals surface area contributed by atoms with Gasteiger partial charge in [-0.25, -0.2) is 0 Å². The summed E-state index contributed by atoms with van der Waals surface area (Å²) in [5, 5.41) is 16.6. The van der Waals surface area contributed by atoms with Crippen LogP contribution in [0.3, 0.4) is 0 Å². The molecular weight excluding hydrogens is 362 g/mol. The van der Waals surface area contributed by atoms with E-state index >= 15 is 0 Å². The van der Waals surface area contributed by atoms with E-state index in [1.807, 2.05) is 31.2 Å². The maximum Gasteiger partial charge on any atom is 0.270 e. The number of anilines is 1. The second-order valence-electron chi connectivity index (χ2n) is 4.95. The average Bonchev–Trinajstić information content (AvgIpc) is 2.54. The fourth-order valence-corrected chi connectivity index (χ4v) is 2.86.